The van der Waals surface area contributed by atoms with Crippen LogP contribution in [0.2, 0.25) is 4.34 Å². The van der Waals surface area contributed by atoms with Crippen LogP contribution in [0.5, 0.6) is 0 Å². The highest BCUT2D eigenvalue weighted by Crippen LogP contribution is 2.40. The summed E-state index contributed by atoms with van der Waals surface area (Å²) in [5.41, 5.74) is 0.512. The second-order valence-corrected chi connectivity index (χ2v) is 5.76. The molecule has 2 aliphatic rings. The van der Waals surface area contributed by atoms with Crippen molar-refractivity contribution >= 4 is 34.9 Å². The Morgan fingerprint density at radius 2 is 1.94 bits per heavy atom. The van der Waals surface area contributed by atoms with Gasteiger partial charge in [0.25, 0.3) is 0 Å². The molecule has 1 aromatic heterocycles. The lowest BCUT2D eigenvalue weighted by Gasteiger charge is -2.13. The van der Waals surface area contributed by atoms with E-state index in [-0.39, 0.29) is 30.2 Å². The van der Waals surface area contributed by atoms with Crippen molar-refractivity contribution in [3.05, 3.63) is 10.0 Å². The van der Waals surface area contributed by atoms with E-state index in [9.17, 15) is 9.59 Å². The van der Waals surface area contributed by atoms with E-state index in [4.69, 9.17) is 11.6 Å². The maximum Gasteiger partial charge on any atom is 0.233 e. The molecule has 0 radical (unpaired) electrons. The fraction of sp³-hybridized carbons (Fsp3) is 0.600. The number of fused-ring (bicyclic) bond motifs is 1. The summed E-state index contributed by atoms with van der Waals surface area (Å²) >= 11 is 6.95. The Bertz CT molecular complexity index is 468. The number of carbonyl (C=O) groups excluding carboxylic acids is 2. The number of nitrogens with zero attached hydrogens (tertiary/aromatic N) is 3. The zero-order valence-electron chi connectivity index (χ0n) is 8.93. The van der Waals surface area contributed by atoms with E-state index in [0.717, 1.165) is 30.8 Å². The maximum atomic E-state index is 12.1. The van der Waals surface area contributed by atoms with Crippen LogP contribution in [0.1, 0.15) is 25.0 Å². The fourth-order valence-corrected chi connectivity index (χ4v) is 3.27. The Morgan fingerprint density at radius 1 is 1.29 bits per heavy atom. The van der Waals surface area contributed by atoms with Gasteiger partial charge >= 0.3 is 0 Å². The first-order chi connectivity index (χ1) is 8.18. The third-order valence-corrected chi connectivity index (χ3v) is 4.48. The molecule has 0 spiro atoms. The van der Waals surface area contributed by atoms with Crippen LogP contribution in [0.3, 0.4) is 0 Å². The summed E-state index contributed by atoms with van der Waals surface area (Å²) < 4.78 is 4.14. The van der Waals surface area contributed by atoms with Crippen LogP contribution in [0.15, 0.2) is 0 Å². The fourth-order valence-electron chi connectivity index (χ4n) is 2.66. The summed E-state index contributed by atoms with van der Waals surface area (Å²) in [5, 5.41) is 3.83. The average molecular weight is 272 g/mol. The normalized spacial score (nSPS) is 27.9. The number of imide groups is 1. The third kappa shape index (κ3) is 1.66. The molecule has 5 nitrogen and oxygen atoms in total. The zero-order valence-corrected chi connectivity index (χ0v) is 10.5. The molecule has 2 fully saturated rings. The van der Waals surface area contributed by atoms with E-state index < -0.39 is 0 Å². The SMILES string of the molecule is O=C1C2CCCC2C(=O)N1Cc1nnsc1Cl. The van der Waals surface area contributed by atoms with E-state index in [0.29, 0.717) is 10.0 Å². The molecule has 0 bridgehead atoms. The standard InChI is InChI=1S/C10H10ClN3O2S/c11-8-7(12-13-17-8)4-14-9(15)5-2-1-3-6(5)10(14)16/h5-6H,1-4H2. The van der Waals surface area contributed by atoms with Crippen LogP contribution in [0.4, 0.5) is 0 Å². The molecule has 2 amide bonds. The molecule has 1 saturated heterocycles. The van der Waals surface area contributed by atoms with Gasteiger partial charge in [0.2, 0.25) is 11.8 Å². The molecule has 0 aromatic carbocycles. The van der Waals surface area contributed by atoms with Gasteiger partial charge in [-0.3, -0.25) is 14.5 Å². The Hall–Kier alpha value is -1.01. The molecule has 1 aromatic rings. The molecule has 1 aliphatic carbocycles. The molecule has 0 N–H and O–H groups in total. The van der Waals surface area contributed by atoms with Crippen molar-refractivity contribution < 1.29 is 9.59 Å². The summed E-state index contributed by atoms with van der Waals surface area (Å²) in [4.78, 5) is 25.4. The molecule has 3 rings (SSSR count). The monoisotopic (exact) mass is 271 g/mol. The first-order valence-electron chi connectivity index (χ1n) is 5.50. The van der Waals surface area contributed by atoms with Gasteiger partial charge in [-0.05, 0) is 12.8 Å². The van der Waals surface area contributed by atoms with Gasteiger partial charge in [-0.15, -0.1) is 5.10 Å². The highest BCUT2D eigenvalue weighted by molar-refractivity contribution is 7.10. The van der Waals surface area contributed by atoms with Gasteiger partial charge < -0.3 is 0 Å². The van der Waals surface area contributed by atoms with E-state index in [1.807, 2.05) is 0 Å². The quantitative estimate of drug-likeness (QED) is 0.765. The topological polar surface area (TPSA) is 63.2 Å². The first-order valence-corrected chi connectivity index (χ1v) is 6.65. The van der Waals surface area contributed by atoms with Crippen LogP contribution in [-0.2, 0) is 16.1 Å². The van der Waals surface area contributed by atoms with Gasteiger partial charge in [0.05, 0.1) is 18.4 Å². The highest BCUT2D eigenvalue weighted by atomic mass is 35.5. The largest absolute Gasteiger partial charge is 0.276 e. The molecule has 2 heterocycles. The Morgan fingerprint density at radius 3 is 2.47 bits per heavy atom. The van der Waals surface area contributed by atoms with Crippen LogP contribution in [-0.4, -0.2) is 26.3 Å². The van der Waals surface area contributed by atoms with Gasteiger partial charge in [0.1, 0.15) is 10.0 Å². The number of hydrogen-bond donors (Lipinski definition) is 0. The van der Waals surface area contributed by atoms with Gasteiger partial charge in [0, 0.05) is 11.5 Å². The molecule has 7 heteroatoms. The van der Waals surface area contributed by atoms with Crippen molar-refractivity contribution in [2.75, 3.05) is 0 Å². The summed E-state index contributed by atoms with van der Waals surface area (Å²) in [5.74, 6) is -0.344. The van der Waals surface area contributed by atoms with E-state index in [1.165, 1.54) is 4.90 Å². The smallest absolute Gasteiger partial charge is 0.233 e. The minimum atomic E-state index is -0.104. The third-order valence-electron chi connectivity index (χ3n) is 3.50. The number of hydrogen-bond acceptors (Lipinski definition) is 5. The van der Waals surface area contributed by atoms with E-state index in [2.05, 4.69) is 9.59 Å². The molecule has 90 valence electrons. The second kappa shape index (κ2) is 4.03. The van der Waals surface area contributed by atoms with Crippen LogP contribution < -0.4 is 0 Å². The number of halogens is 1. The van der Waals surface area contributed by atoms with Crippen molar-refractivity contribution in [3.63, 3.8) is 0 Å². The van der Waals surface area contributed by atoms with Crippen LogP contribution in [0, 0.1) is 11.8 Å². The Labute approximate surface area is 107 Å². The molecule has 17 heavy (non-hydrogen) atoms. The summed E-state index contributed by atoms with van der Waals surface area (Å²) in [6.45, 7) is 0.167. The van der Waals surface area contributed by atoms with Crippen molar-refractivity contribution in [2.45, 2.75) is 25.8 Å². The van der Waals surface area contributed by atoms with E-state index in [1.54, 1.807) is 0 Å². The van der Waals surface area contributed by atoms with Gasteiger partial charge in [-0.25, -0.2) is 0 Å². The highest BCUT2D eigenvalue weighted by Gasteiger charge is 2.49. The number of rotatable bonds is 2. The van der Waals surface area contributed by atoms with Gasteiger partial charge in [0.15, 0.2) is 0 Å². The Balaban J connectivity index is 1.83. The van der Waals surface area contributed by atoms with Gasteiger partial charge in [-0.1, -0.05) is 22.5 Å². The summed E-state index contributed by atoms with van der Waals surface area (Å²) in [6, 6.07) is 0. The predicted molar refractivity (Wildman–Crippen MR) is 61.3 cm³/mol. The lowest BCUT2D eigenvalue weighted by molar-refractivity contribution is -0.141. The molecular weight excluding hydrogens is 262 g/mol. The molecular formula is C10H10ClN3O2S. The minimum Gasteiger partial charge on any atom is -0.276 e. The van der Waals surface area contributed by atoms with Gasteiger partial charge in [-0.2, -0.15) is 0 Å². The van der Waals surface area contributed by atoms with Crippen molar-refractivity contribution in [2.24, 2.45) is 11.8 Å². The molecule has 2 unspecified atom stereocenters. The van der Waals surface area contributed by atoms with E-state index >= 15 is 0 Å². The second-order valence-electron chi connectivity index (χ2n) is 4.40. The number of likely N-dealkylation sites (tertiary alicyclic amines) is 1. The lowest BCUT2D eigenvalue weighted by Crippen LogP contribution is -2.31. The first kappa shape index (κ1) is 11.1. The summed E-state index contributed by atoms with van der Waals surface area (Å²) in [6.07, 6.45) is 2.63. The average Bonchev–Trinajstić information content (AvgIpc) is 2.97. The van der Waals surface area contributed by atoms with Crippen molar-refractivity contribution in [3.8, 4) is 0 Å². The zero-order chi connectivity index (χ0) is 12.0. The Kier molecular flexibility index (Phi) is 2.63. The molecule has 2 atom stereocenters. The number of amides is 2. The van der Waals surface area contributed by atoms with Crippen molar-refractivity contribution in [1.82, 2.24) is 14.5 Å². The lowest BCUT2D eigenvalue weighted by atomic mass is 10.00. The predicted octanol–water partition coefficient (Wildman–Crippen LogP) is 1.48. The van der Waals surface area contributed by atoms with Crippen molar-refractivity contribution in [1.29, 1.82) is 0 Å². The van der Waals surface area contributed by atoms with Crippen LogP contribution in [0.25, 0.3) is 0 Å². The number of carbonyl (C=O) groups is 2. The minimum absolute atomic E-state index is 0.0680. The molecule has 1 aliphatic heterocycles. The number of aromatic nitrogens is 2. The molecule has 1 saturated carbocycles. The maximum absolute atomic E-state index is 12.1. The summed E-state index contributed by atoms with van der Waals surface area (Å²) in [7, 11) is 0. The van der Waals surface area contributed by atoms with Crippen LogP contribution >= 0.6 is 23.1 Å².